The summed E-state index contributed by atoms with van der Waals surface area (Å²) in [5, 5.41) is 4.74. The van der Waals surface area contributed by atoms with Gasteiger partial charge in [0.25, 0.3) is 5.91 Å². The summed E-state index contributed by atoms with van der Waals surface area (Å²) in [7, 11) is 1.51. The molecule has 0 aliphatic carbocycles. The van der Waals surface area contributed by atoms with Crippen molar-refractivity contribution in [1.29, 1.82) is 0 Å². The average Bonchev–Trinajstić information content (AvgIpc) is 2.81. The van der Waals surface area contributed by atoms with Crippen LogP contribution in [0.5, 0.6) is 0 Å². The highest BCUT2D eigenvalue weighted by atomic mass is 32.1. The molecule has 0 bridgehead atoms. The van der Waals surface area contributed by atoms with Crippen LogP contribution in [0.2, 0.25) is 0 Å². The molecule has 0 atom stereocenters. The first-order chi connectivity index (χ1) is 7.74. The van der Waals surface area contributed by atoms with Crippen LogP contribution in [0.15, 0.2) is 29.8 Å². The standard InChI is InChI=1S/C11H9FN2OS/c1-13-10(15)7-3-2-4-8(12)9(7)11-14-5-6-16-11/h2-6H,1H3,(H,13,15). The van der Waals surface area contributed by atoms with Crippen molar-refractivity contribution in [3.63, 3.8) is 0 Å². The number of carbonyl (C=O) groups excluding carboxylic acids is 1. The van der Waals surface area contributed by atoms with Crippen LogP contribution in [0.25, 0.3) is 10.6 Å². The number of thiazole rings is 1. The zero-order valence-corrected chi connectivity index (χ0v) is 9.34. The van der Waals surface area contributed by atoms with Crippen molar-refractivity contribution in [1.82, 2.24) is 10.3 Å². The van der Waals surface area contributed by atoms with E-state index in [1.807, 2.05) is 0 Å². The predicted molar refractivity (Wildman–Crippen MR) is 60.9 cm³/mol. The van der Waals surface area contributed by atoms with Crippen LogP contribution in [0, 0.1) is 5.82 Å². The molecule has 0 fully saturated rings. The molecule has 0 aliphatic heterocycles. The van der Waals surface area contributed by atoms with Crippen LogP contribution in [0.4, 0.5) is 4.39 Å². The first-order valence-corrected chi connectivity index (χ1v) is 5.52. The highest BCUT2D eigenvalue weighted by Gasteiger charge is 2.17. The molecule has 1 aromatic carbocycles. The van der Waals surface area contributed by atoms with Crippen LogP contribution in [-0.2, 0) is 0 Å². The van der Waals surface area contributed by atoms with Gasteiger partial charge in [-0.1, -0.05) is 6.07 Å². The number of halogens is 1. The van der Waals surface area contributed by atoms with E-state index in [2.05, 4.69) is 10.3 Å². The minimum atomic E-state index is -0.434. The van der Waals surface area contributed by atoms with Crippen LogP contribution < -0.4 is 5.32 Å². The van der Waals surface area contributed by atoms with E-state index in [1.54, 1.807) is 17.6 Å². The number of amides is 1. The molecule has 16 heavy (non-hydrogen) atoms. The molecule has 5 heteroatoms. The smallest absolute Gasteiger partial charge is 0.251 e. The maximum absolute atomic E-state index is 13.7. The maximum atomic E-state index is 13.7. The van der Waals surface area contributed by atoms with Gasteiger partial charge in [0.05, 0.1) is 11.1 Å². The Bertz CT molecular complexity index is 511. The number of hydrogen-bond acceptors (Lipinski definition) is 3. The summed E-state index contributed by atoms with van der Waals surface area (Å²) in [6.45, 7) is 0. The van der Waals surface area contributed by atoms with E-state index in [-0.39, 0.29) is 11.5 Å². The first-order valence-electron chi connectivity index (χ1n) is 4.64. The number of nitrogens with zero attached hydrogens (tertiary/aromatic N) is 1. The molecule has 0 aliphatic rings. The van der Waals surface area contributed by atoms with Crippen molar-refractivity contribution in [3.8, 4) is 10.6 Å². The van der Waals surface area contributed by atoms with Gasteiger partial charge in [0, 0.05) is 18.6 Å². The number of carbonyl (C=O) groups is 1. The first kappa shape index (κ1) is 10.8. The zero-order valence-electron chi connectivity index (χ0n) is 8.53. The lowest BCUT2D eigenvalue weighted by molar-refractivity contribution is 0.0963. The minimum absolute atomic E-state index is 0.261. The van der Waals surface area contributed by atoms with E-state index in [0.717, 1.165) is 0 Å². The van der Waals surface area contributed by atoms with Gasteiger partial charge in [-0.3, -0.25) is 4.79 Å². The van der Waals surface area contributed by atoms with Gasteiger partial charge in [0.2, 0.25) is 0 Å². The van der Waals surface area contributed by atoms with Gasteiger partial charge in [0.15, 0.2) is 0 Å². The molecular formula is C11H9FN2OS. The van der Waals surface area contributed by atoms with Crippen LogP contribution >= 0.6 is 11.3 Å². The highest BCUT2D eigenvalue weighted by molar-refractivity contribution is 7.13. The Morgan fingerprint density at radius 2 is 2.31 bits per heavy atom. The van der Waals surface area contributed by atoms with Crippen molar-refractivity contribution in [2.45, 2.75) is 0 Å². The largest absolute Gasteiger partial charge is 0.355 e. The fourth-order valence-corrected chi connectivity index (χ4v) is 2.11. The third kappa shape index (κ3) is 1.81. The highest BCUT2D eigenvalue weighted by Crippen LogP contribution is 2.28. The third-order valence-corrected chi connectivity index (χ3v) is 2.92. The van der Waals surface area contributed by atoms with Crippen LogP contribution in [-0.4, -0.2) is 17.9 Å². The Morgan fingerprint density at radius 3 is 2.94 bits per heavy atom. The van der Waals surface area contributed by atoms with Gasteiger partial charge < -0.3 is 5.32 Å². The predicted octanol–water partition coefficient (Wildman–Crippen LogP) is 2.31. The zero-order chi connectivity index (χ0) is 11.5. The topological polar surface area (TPSA) is 42.0 Å². The fraction of sp³-hybridized carbons (Fsp3) is 0.0909. The molecule has 2 rings (SSSR count). The molecule has 82 valence electrons. The molecule has 1 N–H and O–H groups in total. The molecule has 0 saturated heterocycles. The lowest BCUT2D eigenvalue weighted by Crippen LogP contribution is -2.19. The summed E-state index contributed by atoms with van der Waals surface area (Å²) in [5.74, 6) is -0.749. The Morgan fingerprint density at radius 1 is 1.50 bits per heavy atom. The Labute approximate surface area is 96.0 Å². The van der Waals surface area contributed by atoms with E-state index in [9.17, 15) is 9.18 Å². The van der Waals surface area contributed by atoms with Crippen molar-refractivity contribution in [3.05, 3.63) is 41.2 Å². The summed E-state index contributed by atoms with van der Waals surface area (Å²) in [5.41, 5.74) is 0.564. The monoisotopic (exact) mass is 236 g/mol. The van der Waals surface area contributed by atoms with Crippen molar-refractivity contribution < 1.29 is 9.18 Å². The number of benzene rings is 1. The average molecular weight is 236 g/mol. The quantitative estimate of drug-likeness (QED) is 0.869. The van der Waals surface area contributed by atoms with E-state index in [0.29, 0.717) is 10.6 Å². The van der Waals surface area contributed by atoms with Crippen LogP contribution in [0.3, 0.4) is 0 Å². The normalized spacial score (nSPS) is 10.1. The lowest BCUT2D eigenvalue weighted by Gasteiger charge is -2.06. The van der Waals surface area contributed by atoms with Gasteiger partial charge in [-0.15, -0.1) is 11.3 Å². The van der Waals surface area contributed by atoms with Gasteiger partial charge in [-0.25, -0.2) is 9.37 Å². The Balaban J connectivity index is 2.62. The molecule has 0 radical (unpaired) electrons. The molecular weight excluding hydrogens is 227 g/mol. The molecule has 0 saturated carbocycles. The second-order valence-electron chi connectivity index (χ2n) is 3.08. The van der Waals surface area contributed by atoms with Gasteiger partial charge in [0.1, 0.15) is 10.8 Å². The molecule has 1 heterocycles. The third-order valence-electron chi connectivity index (χ3n) is 2.13. The maximum Gasteiger partial charge on any atom is 0.251 e. The van der Waals surface area contributed by atoms with Crippen molar-refractivity contribution in [2.24, 2.45) is 0 Å². The summed E-state index contributed by atoms with van der Waals surface area (Å²) >= 11 is 1.30. The molecule has 1 amide bonds. The molecule has 3 nitrogen and oxygen atoms in total. The van der Waals surface area contributed by atoms with Gasteiger partial charge in [-0.05, 0) is 12.1 Å². The minimum Gasteiger partial charge on any atom is -0.355 e. The summed E-state index contributed by atoms with van der Waals surface area (Å²) < 4.78 is 13.7. The van der Waals surface area contributed by atoms with Crippen molar-refractivity contribution >= 4 is 17.2 Å². The Hall–Kier alpha value is -1.75. The fourth-order valence-electron chi connectivity index (χ4n) is 1.41. The summed E-state index contributed by atoms with van der Waals surface area (Å²) in [6, 6.07) is 4.42. The second-order valence-corrected chi connectivity index (χ2v) is 3.97. The van der Waals surface area contributed by atoms with Crippen molar-refractivity contribution in [2.75, 3.05) is 7.05 Å². The number of hydrogen-bond donors (Lipinski definition) is 1. The lowest BCUT2D eigenvalue weighted by atomic mass is 10.1. The van der Waals surface area contributed by atoms with E-state index in [4.69, 9.17) is 0 Å². The number of aromatic nitrogens is 1. The number of nitrogens with one attached hydrogen (secondary N) is 1. The van der Waals surface area contributed by atoms with E-state index in [1.165, 1.54) is 30.5 Å². The van der Waals surface area contributed by atoms with Crippen LogP contribution in [0.1, 0.15) is 10.4 Å². The molecule has 0 spiro atoms. The summed E-state index contributed by atoms with van der Waals surface area (Å²) in [6.07, 6.45) is 1.58. The summed E-state index contributed by atoms with van der Waals surface area (Å²) in [4.78, 5) is 15.6. The molecule has 0 unspecified atom stereocenters. The molecule has 1 aromatic heterocycles. The Kier molecular flexibility index (Phi) is 2.96. The molecule has 2 aromatic rings. The SMILES string of the molecule is CNC(=O)c1cccc(F)c1-c1nccs1. The van der Waals surface area contributed by atoms with Gasteiger partial charge in [-0.2, -0.15) is 0 Å². The van der Waals surface area contributed by atoms with Gasteiger partial charge >= 0.3 is 0 Å². The second kappa shape index (κ2) is 4.40. The number of rotatable bonds is 2. The van der Waals surface area contributed by atoms with E-state index >= 15 is 0 Å². The van der Waals surface area contributed by atoms with E-state index < -0.39 is 5.82 Å².